The van der Waals surface area contributed by atoms with Gasteiger partial charge in [-0.15, -0.1) is 11.3 Å². The summed E-state index contributed by atoms with van der Waals surface area (Å²) in [6.45, 7) is 0.519. The third kappa shape index (κ3) is 2.27. The summed E-state index contributed by atoms with van der Waals surface area (Å²) in [5, 5.41) is 9.24. The second-order valence-electron chi connectivity index (χ2n) is 4.67. The topological polar surface area (TPSA) is 62.5 Å². The van der Waals surface area contributed by atoms with Gasteiger partial charge in [0.2, 0.25) is 0 Å². The zero-order chi connectivity index (χ0) is 16.1. The Morgan fingerprint density at radius 1 is 1.23 bits per heavy atom. The number of fused-ring (bicyclic) bond motifs is 1. The van der Waals surface area contributed by atoms with Crippen LogP contribution in [-0.2, 0) is 12.7 Å². The first-order valence-electron chi connectivity index (χ1n) is 6.20. The Labute approximate surface area is 126 Å². The van der Waals surface area contributed by atoms with Gasteiger partial charge in [0, 0.05) is 19.3 Å². The highest BCUT2D eigenvalue weighted by Crippen LogP contribution is 2.39. The number of amides is 1. The molecule has 3 rings (SSSR count). The Morgan fingerprint density at radius 2 is 1.95 bits per heavy atom. The van der Waals surface area contributed by atoms with Crippen molar-refractivity contribution in [1.29, 1.82) is 0 Å². The standard InChI is InChI=1S/C13H9F3N2O3S/c14-13(15,16)8-1-2-9(22-8)18-6-5-17-4-3-7(12(20)21)10(17)11(18)19/h1-4H,5-6H2,(H,20,21). The maximum atomic E-state index is 12.7. The molecule has 0 bridgehead atoms. The third-order valence-corrected chi connectivity index (χ3v) is 4.50. The molecule has 0 radical (unpaired) electrons. The predicted molar refractivity (Wildman–Crippen MR) is 72.4 cm³/mol. The summed E-state index contributed by atoms with van der Waals surface area (Å²) in [7, 11) is 0. The summed E-state index contributed by atoms with van der Waals surface area (Å²) >= 11 is 0.465. The normalized spacial score (nSPS) is 15.0. The van der Waals surface area contributed by atoms with Gasteiger partial charge in [-0.3, -0.25) is 9.69 Å². The molecule has 0 aromatic carbocycles. The molecule has 0 unspecified atom stereocenters. The number of carbonyl (C=O) groups is 2. The molecule has 9 heteroatoms. The second kappa shape index (κ2) is 4.87. The van der Waals surface area contributed by atoms with Crippen LogP contribution in [0, 0.1) is 0 Å². The summed E-state index contributed by atoms with van der Waals surface area (Å²) in [5.74, 6) is -1.85. The van der Waals surface area contributed by atoms with Crippen LogP contribution in [0.25, 0.3) is 0 Å². The van der Waals surface area contributed by atoms with Crippen LogP contribution in [0.4, 0.5) is 18.2 Å². The zero-order valence-electron chi connectivity index (χ0n) is 10.9. The number of rotatable bonds is 2. The Kier molecular flexibility index (Phi) is 3.24. The molecule has 5 nitrogen and oxygen atoms in total. The van der Waals surface area contributed by atoms with E-state index in [1.165, 1.54) is 27.8 Å². The SMILES string of the molecule is O=C(O)c1ccn2c1C(=O)N(c1ccc(C(F)(F)F)s1)CC2. The van der Waals surface area contributed by atoms with E-state index in [9.17, 15) is 22.8 Å². The van der Waals surface area contributed by atoms with Crippen LogP contribution in [0.15, 0.2) is 24.4 Å². The van der Waals surface area contributed by atoms with Crippen LogP contribution in [0.5, 0.6) is 0 Å². The molecule has 2 aromatic rings. The number of hydrogen-bond donors (Lipinski definition) is 1. The largest absolute Gasteiger partial charge is 0.478 e. The van der Waals surface area contributed by atoms with Crippen LogP contribution < -0.4 is 4.90 Å². The minimum Gasteiger partial charge on any atom is -0.478 e. The Balaban J connectivity index is 1.97. The molecule has 1 N–H and O–H groups in total. The molecule has 0 atom stereocenters. The van der Waals surface area contributed by atoms with Crippen LogP contribution in [0.2, 0.25) is 0 Å². The van der Waals surface area contributed by atoms with E-state index >= 15 is 0 Å². The summed E-state index contributed by atoms with van der Waals surface area (Å²) < 4.78 is 39.5. The number of nitrogens with zero attached hydrogens (tertiary/aromatic N) is 2. The van der Waals surface area contributed by atoms with Crippen LogP contribution >= 0.6 is 11.3 Å². The van der Waals surface area contributed by atoms with Gasteiger partial charge < -0.3 is 9.67 Å². The molecule has 2 aromatic heterocycles. The first-order valence-corrected chi connectivity index (χ1v) is 7.02. The lowest BCUT2D eigenvalue weighted by molar-refractivity contribution is -0.134. The first kappa shape index (κ1) is 14.6. The lowest BCUT2D eigenvalue weighted by Crippen LogP contribution is -2.40. The molecule has 1 amide bonds. The van der Waals surface area contributed by atoms with Gasteiger partial charge in [0.15, 0.2) is 0 Å². The van der Waals surface area contributed by atoms with Gasteiger partial charge in [0.1, 0.15) is 10.6 Å². The van der Waals surface area contributed by atoms with E-state index in [-0.39, 0.29) is 22.8 Å². The molecule has 3 heterocycles. The summed E-state index contributed by atoms with van der Waals surface area (Å²) in [4.78, 5) is 23.9. The van der Waals surface area contributed by atoms with E-state index in [1.807, 2.05) is 0 Å². The van der Waals surface area contributed by atoms with Crippen molar-refractivity contribution in [2.75, 3.05) is 11.4 Å². The smallest absolute Gasteiger partial charge is 0.425 e. The van der Waals surface area contributed by atoms with Crippen LogP contribution in [-0.4, -0.2) is 28.1 Å². The van der Waals surface area contributed by atoms with Crippen molar-refractivity contribution < 1.29 is 27.9 Å². The monoisotopic (exact) mass is 330 g/mol. The quantitative estimate of drug-likeness (QED) is 0.921. The van der Waals surface area contributed by atoms with Crippen molar-refractivity contribution in [2.45, 2.75) is 12.7 Å². The highest BCUT2D eigenvalue weighted by atomic mass is 32.1. The van der Waals surface area contributed by atoms with E-state index in [2.05, 4.69) is 0 Å². The van der Waals surface area contributed by atoms with Gasteiger partial charge in [-0.25, -0.2) is 4.79 Å². The Bertz CT molecular complexity index is 763. The summed E-state index contributed by atoms with van der Waals surface area (Å²) in [5.41, 5.74) is -0.164. The molecule has 0 fully saturated rings. The van der Waals surface area contributed by atoms with Crippen molar-refractivity contribution in [3.8, 4) is 0 Å². The molecular formula is C13H9F3N2O3S. The van der Waals surface area contributed by atoms with Gasteiger partial charge in [-0.05, 0) is 18.2 Å². The van der Waals surface area contributed by atoms with E-state index < -0.39 is 22.9 Å². The van der Waals surface area contributed by atoms with Crippen molar-refractivity contribution in [3.05, 3.63) is 40.5 Å². The maximum Gasteiger partial charge on any atom is 0.425 e. The van der Waals surface area contributed by atoms with Gasteiger partial charge in [-0.2, -0.15) is 13.2 Å². The molecule has 0 spiro atoms. The number of carboxylic acids is 1. The van der Waals surface area contributed by atoms with E-state index in [4.69, 9.17) is 5.11 Å². The first-order chi connectivity index (χ1) is 10.3. The van der Waals surface area contributed by atoms with Crippen LogP contribution in [0.3, 0.4) is 0 Å². The lowest BCUT2D eigenvalue weighted by atomic mass is 10.2. The fourth-order valence-electron chi connectivity index (χ4n) is 2.34. The lowest BCUT2D eigenvalue weighted by Gasteiger charge is -2.27. The summed E-state index contributed by atoms with van der Waals surface area (Å²) in [6, 6.07) is 3.46. The molecular weight excluding hydrogens is 321 g/mol. The molecule has 1 aliphatic rings. The van der Waals surface area contributed by atoms with Crippen molar-refractivity contribution >= 4 is 28.2 Å². The van der Waals surface area contributed by atoms with Crippen molar-refractivity contribution in [1.82, 2.24) is 4.57 Å². The fourth-order valence-corrected chi connectivity index (χ4v) is 3.24. The van der Waals surface area contributed by atoms with Gasteiger partial charge in [0.25, 0.3) is 5.91 Å². The molecule has 116 valence electrons. The maximum absolute atomic E-state index is 12.7. The summed E-state index contributed by atoms with van der Waals surface area (Å²) in [6.07, 6.45) is -2.97. The van der Waals surface area contributed by atoms with Gasteiger partial charge in [0.05, 0.1) is 10.6 Å². The highest BCUT2D eigenvalue weighted by Gasteiger charge is 2.35. The van der Waals surface area contributed by atoms with Crippen LogP contribution in [0.1, 0.15) is 25.7 Å². The predicted octanol–water partition coefficient (Wildman–Crippen LogP) is 2.93. The number of anilines is 1. The number of alkyl halides is 3. The molecule has 0 saturated heterocycles. The zero-order valence-corrected chi connectivity index (χ0v) is 11.7. The molecule has 1 aliphatic heterocycles. The van der Waals surface area contributed by atoms with E-state index in [0.29, 0.717) is 17.9 Å². The average Bonchev–Trinajstić information content (AvgIpc) is 3.04. The molecule has 0 aliphatic carbocycles. The number of thiophene rings is 1. The Hall–Kier alpha value is -2.29. The van der Waals surface area contributed by atoms with Gasteiger partial charge in [-0.1, -0.05) is 0 Å². The number of aromatic carboxylic acids is 1. The number of carbonyl (C=O) groups excluding carboxylic acids is 1. The number of halogens is 3. The number of aromatic nitrogens is 1. The molecule has 22 heavy (non-hydrogen) atoms. The Morgan fingerprint density at radius 3 is 2.55 bits per heavy atom. The second-order valence-corrected chi connectivity index (χ2v) is 5.73. The van der Waals surface area contributed by atoms with E-state index in [0.717, 1.165) is 6.07 Å². The van der Waals surface area contributed by atoms with Gasteiger partial charge >= 0.3 is 12.1 Å². The minimum absolute atomic E-state index is 0.0132. The third-order valence-electron chi connectivity index (χ3n) is 3.34. The van der Waals surface area contributed by atoms with Crippen molar-refractivity contribution in [2.24, 2.45) is 0 Å². The molecule has 0 saturated carbocycles. The van der Waals surface area contributed by atoms with Crippen molar-refractivity contribution in [3.63, 3.8) is 0 Å². The average molecular weight is 330 g/mol. The number of carboxylic acid groups (broad SMARTS) is 1. The number of hydrogen-bond acceptors (Lipinski definition) is 3. The highest BCUT2D eigenvalue weighted by molar-refractivity contribution is 7.16. The minimum atomic E-state index is -4.46. The fraction of sp³-hybridized carbons (Fsp3) is 0.231. The van der Waals surface area contributed by atoms with E-state index in [1.54, 1.807) is 0 Å².